The zero-order valence-electron chi connectivity index (χ0n) is 9.56. The van der Waals surface area contributed by atoms with Crippen molar-refractivity contribution < 1.29 is 14.7 Å². The van der Waals surface area contributed by atoms with E-state index in [1.54, 1.807) is 6.20 Å². The average molecular weight is 240 g/mol. The number of rotatable bonds is 6. The molecule has 17 heavy (non-hydrogen) atoms. The van der Waals surface area contributed by atoms with Crippen molar-refractivity contribution in [3.63, 3.8) is 0 Å². The number of aliphatic carboxylic acids is 1. The molecule has 1 aromatic heterocycles. The lowest BCUT2D eigenvalue weighted by Crippen LogP contribution is -2.33. The maximum Gasteiger partial charge on any atom is 0.319 e. The van der Waals surface area contributed by atoms with Gasteiger partial charge in [-0.25, -0.2) is 4.79 Å². The Labute approximate surface area is 98.6 Å². The first-order chi connectivity index (χ1) is 8.11. The van der Waals surface area contributed by atoms with Crippen molar-refractivity contribution in [2.24, 2.45) is 5.92 Å². The fraction of sp³-hybridized carbons (Fsp3) is 0.500. The van der Waals surface area contributed by atoms with E-state index in [9.17, 15) is 9.59 Å². The van der Waals surface area contributed by atoms with Gasteiger partial charge in [0.2, 0.25) is 0 Å². The summed E-state index contributed by atoms with van der Waals surface area (Å²) in [6, 6.07) is -0.366. The summed E-state index contributed by atoms with van der Waals surface area (Å²) in [7, 11) is 0. The largest absolute Gasteiger partial charge is 0.481 e. The highest BCUT2D eigenvalue weighted by molar-refractivity contribution is 5.88. The smallest absolute Gasteiger partial charge is 0.319 e. The highest BCUT2D eigenvalue weighted by Gasteiger charge is 2.12. The Morgan fingerprint density at radius 2 is 2.35 bits per heavy atom. The monoisotopic (exact) mass is 240 g/mol. The van der Waals surface area contributed by atoms with Crippen LogP contribution in [0.25, 0.3) is 0 Å². The van der Waals surface area contributed by atoms with Crippen molar-refractivity contribution in [3.05, 3.63) is 12.4 Å². The molecular formula is C10H16N4O3. The van der Waals surface area contributed by atoms with Crippen LogP contribution in [-0.4, -0.2) is 33.8 Å². The Bertz CT molecular complexity index is 364. The second-order valence-electron chi connectivity index (χ2n) is 3.69. The summed E-state index contributed by atoms with van der Waals surface area (Å²) in [6.07, 6.45) is 3.79. The summed E-state index contributed by atoms with van der Waals surface area (Å²) in [5.74, 6) is -0.906. The number of amides is 2. The highest BCUT2D eigenvalue weighted by atomic mass is 16.4. The molecule has 1 heterocycles. The summed E-state index contributed by atoms with van der Waals surface area (Å²) in [5.41, 5.74) is 0.564. The SMILES string of the molecule is CCC(CNC(=O)Nc1cn[nH]c1)CC(=O)O. The van der Waals surface area contributed by atoms with E-state index >= 15 is 0 Å². The summed E-state index contributed by atoms with van der Waals surface area (Å²) in [6.45, 7) is 2.23. The molecule has 1 aromatic rings. The number of carboxylic acids is 1. The molecule has 0 aliphatic rings. The number of hydrogen-bond donors (Lipinski definition) is 4. The van der Waals surface area contributed by atoms with Crippen LogP contribution in [0.15, 0.2) is 12.4 Å². The van der Waals surface area contributed by atoms with Crippen LogP contribution in [0.1, 0.15) is 19.8 Å². The van der Waals surface area contributed by atoms with Gasteiger partial charge in [0.15, 0.2) is 0 Å². The van der Waals surface area contributed by atoms with Gasteiger partial charge in [-0.05, 0) is 5.92 Å². The van der Waals surface area contributed by atoms with E-state index in [1.165, 1.54) is 6.20 Å². The van der Waals surface area contributed by atoms with Gasteiger partial charge in [-0.3, -0.25) is 9.89 Å². The van der Waals surface area contributed by atoms with Gasteiger partial charge in [0.1, 0.15) is 0 Å². The first-order valence-corrected chi connectivity index (χ1v) is 5.37. The molecule has 1 rings (SSSR count). The molecule has 4 N–H and O–H groups in total. The van der Waals surface area contributed by atoms with Gasteiger partial charge in [-0.15, -0.1) is 0 Å². The molecule has 1 atom stereocenters. The molecule has 0 aliphatic carbocycles. The molecule has 0 spiro atoms. The molecule has 94 valence electrons. The van der Waals surface area contributed by atoms with Crippen LogP contribution >= 0.6 is 0 Å². The van der Waals surface area contributed by atoms with Crippen molar-refractivity contribution in [2.45, 2.75) is 19.8 Å². The van der Waals surface area contributed by atoms with Crippen molar-refractivity contribution in [2.75, 3.05) is 11.9 Å². The minimum Gasteiger partial charge on any atom is -0.481 e. The number of carboxylic acid groups (broad SMARTS) is 1. The number of H-pyrrole nitrogens is 1. The lowest BCUT2D eigenvalue weighted by atomic mass is 10.0. The second kappa shape index (κ2) is 6.51. The molecular weight excluding hydrogens is 224 g/mol. The minimum atomic E-state index is -0.853. The fourth-order valence-corrected chi connectivity index (χ4v) is 1.34. The molecule has 7 nitrogen and oxygen atoms in total. The number of carbonyl (C=O) groups excluding carboxylic acids is 1. The Morgan fingerprint density at radius 1 is 1.59 bits per heavy atom. The standard InChI is InChI=1S/C10H16N4O3/c1-2-7(3-9(15)16)4-11-10(17)14-8-5-12-13-6-8/h5-7H,2-4H2,1H3,(H,12,13)(H,15,16)(H2,11,14,17). The topological polar surface area (TPSA) is 107 Å². The maximum atomic E-state index is 11.4. The van der Waals surface area contributed by atoms with E-state index in [1.807, 2.05) is 6.92 Å². The van der Waals surface area contributed by atoms with Gasteiger partial charge in [0, 0.05) is 19.2 Å². The molecule has 2 amide bonds. The van der Waals surface area contributed by atoms with Gasteiger partial charge < -0.3 is 15.7 Å². The van der Waals surface area contributed by atoms with Crippen LogP contribution in [-0.2, 0) is 4.79 Å². The van der Waals surface area contributed by atoms with E-state index < -0.39 is 5.97 Å². The van der Waals surface area contributed by atoms with Gasteiger partial charge >= 0.3 is 12.0 Å². The number of urea groups is 1. The van der Waals surface area contributed by atoms with Gasteiger partial charge in [-0.1, -0.05) is 13.3 Å². The predicted molar refractivity (Wildman–Crippen MR) is 61.6 cm³/mol. The summed E-state index contributed by atoms with van der Waals surface area (Å²) >= 11 is 0. The number of nitrogens with one attached hydrogen (secondary N) is 3. The van der Waals surface area contributed by atoms with Crippen LogP contribution in [0.5, 0.6) is 0 Å². The molecule has 0 radical (unpaired) electrons. The van der Waals surface area contributed by atoms with E-state index in [-0.39, 0.29) is 18.4 Å². The van der Waals surface area contributed by atoms with Gasteiger partial charge in [-0.2, -0.15) is 5.10 Å². The van der Waals surface area contributed by atoms with E-state index in [0.717, 1.165) is 0 Å². The number of aromatic nitrogens is 2. The van der Waals surface area contributed by atoms with Crippen LogP contribution in [0.2, 0.25) is 0 Å². The first kappa shape index (κ1) is 13.0. The normalized spacial score (nSPS) is 11.8. The zero-order chi connectivity index (χ0) is 12.7. The van der Waals surface area contributed by atoms with Crippen LogP contribution in [0.4, 0.5) is 10.5 Å². The Hall–Kier alpha value is -2.05. The Morgan fingerprint density at radius 3 is 2.88 bits per heavy atom. The lowest BCUT2D eigenvalue weighted by molar-refractivity contribution is -0.138. The number of hydrogen-bond acceptors (Lipinski definition) is 3. The molecule has 0 saturated carbocycles. The average Bonchev–Trinajstić information content (AvgIpc) is 2.76. The Balaban J connectivity index is 2.29. The number of anilines is 1. The van der Waals surface area contributed by atoms with E-state index in [2.05, 4.69) is 20.8 Å². The summed E-state index contributed by atoms with van der Waals surface area (Å²) in [5, 5.41) is 20.1. The highest BCUT2D eigenvalue weighted by Crippen LogP contribution is 2.07. The van der Waals surface area contributed by atoms with Crippen molar-refractivity contribution in [1.82, 2.24) is 15.5 Å². The quantitative estimate of drug-likeness (QED) is 0.595. The predicted octanol–water partition coefficient (Wildman–Crippen LogP) is 1.03. The molecule has 7 heteroatoms. The first-order valence-electron chi connectivity index (χ1n) is 5.37. The maximum absolute atomic E-state index is 11.4. The number of carbonyl (C=O) groups is 2. The van der Waals surface area contributed by atoms with Crippen molar-refractivity contribution >= 4 is 17.7 Å². The van der Waals surface area contributed by atoms with E-state index in [4.69, 9.17) is 5.11 Å². The molecule has 0 bridgehead atoms. The zero-order valence-corrected chi connectivity index (χ0v) is 9.56. The Kier molecular flexibility index (Phi) is 4.99. The van der Waals surface area contributed by atoms with Crippen LogP contribution in [0, 0.1) is 5.92 Å². The summed E-state index contributed by atoms with van der Waals surface area (Å²) < 4.78 is 0. The second-order valence-corrected chi connectivity index (χ2v) is 3.69. The molecule has 0 fully saturated rings. The molecule has 1 unspecified atom stereocenters. The fourth-order valence-electron chi connectivity index (χ4n) is 1.34. The molecule has 0 aliphatic heterocycles. The van der Waals surface area contributed by atoms with E-state index in [0.29, 0.717) is 18.7 Å². The number of nitrogens with zero attached hydrogens (tertiary/aromatic N) is 1. The molecule has 0 aromatic carbocycles. The number of aromatic amines is 1. The van der Waals surface area contributed by atoms with Gasteiger partial charge in [0.25, 0.3) is 0 Å². The van der Waals surface area contributed by atoms with Crippen LogP contribution < -0.4 is 10.6 Å². The third kappa shape index (κ3) is 5.01. The van der Waals surface area contributed by atoms with Crippen molar-refractivity contribution in [1.29, 1.82) is 0 Å². The minimum absolute atomic E-state index is 0.0531. The van der Waals surface area contributed by atoms with Crippen LogP contribution in [0.3, 0.4) is 0 Å². The lowest BCUT2D eigenvalue weighted by Gasteiger charge is -2.13. The molecule has 0 saturated heterocycles. The van der Waals surface area contributed by atoms with Crippen molar-refractivity contribution in [3.8, 4) is 0 Å². The van der Waals surface area contributed by atoms with Gasteiger partial charge in [0.05, 0.1) is 11.9 Å². The summed E-state index contributed by atoms with van der Waals surface area (Å²) in [4.78, 5) is 21.9. The third-order valence-corrected chi connectivity index (χ3v) is 2.35. The third-order valence-electron chi connectivity index (χ3n) is 2.35.